The summed E-state index contributed by atoms with van der Waals surface area (Å²) >= 11 is 0. The molecule has 1 aromatic heterocycles. The Bertz CT molecular complexity index is 389. The van der Waals surface area contributed by atoms with Crippen LogP contribution in [-0.4, -0.2) is 44.9 Å². The third-order valence-electron chi connectivity index (χ3n) is 3.39. The van der Waals surface area contributed by atoms with Crippen LogP contribution in [0.3, 0.4) is 0 Å². The second-order valence-electron chi connectivity index (χ2n) is 4.52. The predicted octanol–water partition coefficient (Wildman–Crippen LogP) is 0.797. The van der Waals surface area contributed by atoms with Crippen LogP contribution in [0, 0.1) is 0 Å². The molecule has 1 amide bonds. The van der Waals surface area contributed by atoms with E-state index in [4.69, 9.17) is 0 Å². The third kappa shape index (κ3) is 2.49. The second kappa shape index (κ2) is 5.31. The van der Waals surface area contributed by atoms with Crippen molar-refractivity contribution in [2.45, 2.75) is 31.7 Å². The highest BCUT2D eigenvalue weighted by molar-refractivity contribution is 5.92. The van der Waals surface area contributed by atoms with Crippen molar-refractivity contribution in [3.8, 4) is 0 Å². The normalized spacial score (nSPS) is 21.3. The van der Waals surface area contributed by atoms with Gasteiger partial charge in [0.05, 0.1) is 12.6 Å². The van der Waals surface area contributed by atoms with E-state index < -0.39 is 0 Å². The lowest BCUT2D eigenvalue weighted by molar-refractivity contribution is 0.0589. The van der Waals surface area contributed by atoms with Crippen LogP contribution in [0.15, 0.2) is 12.3 Å². The van der Waals surface area contributed by atoms with Crippen molar-refractivity contribution in [3.63, 3.8) is 0 Å². The number of carbonyl (C=O) groups excluding carboxylic acids is 1. The number of hydrogen-bond acceptors (Lipinski definition) is 3. The minimum Gasteiger partial charge on any atom is -0.394 e. The second-order valence-corrected chi connectivity index (χ2v) is 4.52. The summed E-state index contributed by atoms with van der Waals surface area (Å²) in [5, 5.41) is 13.4. The van der Waals surface area contributed by atoms with Crippen molar-refractivity contribution < 1.29 is 9.90 Å². The number of aliphatic hydroxyl groups excluding tert-OH is 1. The summed E-state index contributed by atoms with van der Waals surface area (Å²) in [6.07, 6.45) is 5.74. The van der Waals surface area contributed by atoms with Crippen LogP contribution in [0.4, 0.5) is 0 Å². The van der Waals surface area contributed by atoms with Crippen LogP contribution in [0.25, 0.3) is 0 Å². The van der Waals surface area contributed by atoms with Crippen molar-refractivity contribution >= 4 is 5.91 Å². The van der Waals surface area contributed by atoms with E-state index in [1.54, 1.807) is 28.9 Å². The quantitative estimate of drug-likeness (QED) is 0.827. The van der Waals surface area contributed by atoms with E-state index in [0.717, 1.165) is 32.2 Å². The van der Waals surface area contributed by atoms with Crippen molar-refractivity contribution in [1.29, 1.82) is 0 Å². The molecule has 5 nitrogen and oxygen atoms in total. The lowest BCUT2D eigenvalue weighted by Crippen LogP contribution is -2.42. The molecule has 1 unspecified atom stereocenters. The van der Waals surface area contributed by atoms with Crippen LogP contribution >= 0.6 is 0 Å². The van der Waals surface area contributed by atoms with E-state index in [-0.39, 0.29) is 18.6 Å². The maximum absolute atomic E-state index is 12.4. The molecule has 17 heavy (non-hydrogen) atoms. The number of amides is 1. The summed E-state index contributed by atoms with van der Waals surface area (Å²) in [5.41, 5.74) is 0.588. The van der Waals surface area contributed by atoms with Crippen molar-refractivity contribution in [2.75, 3.05) is 13.2 Å². The number of aromatic nitrogens is 2. The predicted molar refractivity (Wildman–Crippen MR) is 63.6 cm³/mol. The fraction of sp³-hybridized carbons (Fsp3) is 0.667. The molecule has 0 bridgehead atoms. The average Bonchev–Trinajstić information content (AvgIpc) is 2.64. The fourth-order valence-electron chi connectivity index (χ4n) is 2.37. The van der Waals surface area contributed by atoms with Crippen LogP contribution in [0.1, 0.15) is 36.2 Å². The molecule has 0 saturated carbocycles. The lowest BCUT2D eigenvalue weighted by Gasteiger charge is -2.28. The summed E-state index contributed by atoms with van der Waals surface area (Å²) in [5.74, 6) is -0.0223. The van der Waals surface area contributed by atoms with Gasteiger partial charge in [-0.05, 0) is 18.9 Å². The zero-order valence-electron chi connectivity index (χ0n) is 10.2. The molecular formula is C12H19N3O2. The molecule has 1 atom stereocenters. The monoisotopic (exact) mass is 237 g/mol. The van der Waals surface area contributed by atoms with Gasteiger partial charge in [-0.2, -0.15) is 5.10 Å². The summed E-state index contributed by atoms with van der Waals surface area (Å²) in [7, 11) is 1.76. The number of likely N-dealkylation sites (tertiary alicyclic amines) is 1. The largest absolute Gasteiger partial charge is 0.394 e. The highest BCUT2D eigenvalue weighted by Crippen LogP contribution is 2.18. The van der Waals surface area contributed by atoms with E-state index >= 15 is 0 Å². The van der Waals surface area contributed by atoms with Crippen molar-refractivity contribution in [2.24, 2.45) is 7.05 Å². The third-order valence-corrected chi connectivity index (χ3v) is 3.39. The van der Waals surface area contributed by atoms with Gasteiger partial charge in [0.25, 0.3) is 5.91 Å². The minimum absolute atomic E-state index is 0.0223. The fourth-order valence-corrected chi connectivity index (χ4v) is 2.37. The Balaban J connectivity index is 2.18. The maximum Gasteiger partial charge on any atom is 0.272 e. The van der Waals surface area contributed by atoms with Crippen LogP contribution in [0.2, 0.25) is 0 Å². The first-order valence-corrected chi connectivity index (χ1v) is 6.14. The van der Waals surface area contributed by atoms with Crippen LogP contribution in [0.5, 0.6) is 0 Å². The smallest absolute Gasteiger partial charge is 0.272 e. The molecule has 2 heterocycles. The van der Waals surface area contributed by atoms with Crippen LogP contribution in [-0.2, 0) is 7.05 Å². The molecule has 0 aromatic carbocycles. The zero-order chi connectivity index (χ0) is 12.3. The Morgan fingerprint density at radius 3 is 3.00 bits per heavy atom. The molecule has 0 radical (unpaired) electrons. The van der Waals surface area contributed by atoms with Gasteiger partial charge in [-0.3, -0.25) is 9.48 Å². The molecular weight excluding hydrogens is 218 g/mol. The molecule has 0 spiro atoms. The van der Waals surface area contributed by atoms with Gasteiger partial charge in [0.1, 0.15) is 5.69 Å². The molecule has 0 aliphatic carbocycles. The summed E-state index contributed by atoms with van der Waals surface area (Å²) in [6, 6.07) is 1.68. The average molecular weight is 237 g/mol. The number of hydrogen-bond donors (Lipinski definition) is 1. The summed E-state index contributed by atoms with van der Waals surface area (Å²) < 4.78 is 1.58. The number of nitrogens with zero attached hydrogens (tertiary/aromatic N) is 3. The zero-order valence-corrected chi connectivity index (χ0v) is 10.2. The van der Waals surface area contributed by atoms with Gasteiger partial charge in [0.2, 0.25) is 0 Å². The van der Waals surface area contributed by atoms with E-state index in [1.165, 1.54) is 0 Å². The Hall–Kier alpha value is -1.36. The molecule has 1 aliphatic rings. The van der Waals surface area contributed by atoms with E-state index in [1.807, 2.05) is 0 Å². The van der Waals surface area contributed by atoms with Crippen LogP contribution < -0.4 is 0 Å². The number of aliphatic hydroxyl groups is 1. The van der Waals surface area contributed by atoms with E-state index in [0.29, 0.717) is 5.69 Å². The van der Waals surface area contributed by atoms with Gasteiger partial charge in [0, 0.05) is 19.8 Å². The SMILES string of the molecule is Cn1nccc1C(=O)N1CCCCCC1CO. The summed E-state index contributed by atoms with van der Waals surface area (Å²) in [6.45, 7) is 0.777. The Morgan fingerprint density at radius 2 is 2.35 bits per heavy atom. The first-order valence-electron chi connectivity index (χ1n) is 6.14. The molecule has 1 saturated heterocycles. The molecule has 94 valence electrons. The Kier molecular flexibility index (Phi) is 3.78. The molecule has 5 heteroatoms. The highest BCUT2D eigenvalue weighted by Gasteiger charge is 2.27. The van der Waals surface area contributed by atoms with E-state index in [2.05, 4.69) is 5.10 Å². The lowest BCUT2D eigenvalue weighted by atomic mass is 10.1. The molecule has 1 aromatic rings. The molecule has 1 fully saturated rings. The molecule has 1 aliphatic heterocycles. The van der Waals surface area contributed by atoms with Gasteiger partial charge >= 0.3 is 0 Å². The first-order chi connectivity index (χ1) is 8.24. The standard InChI is InChI=1S/C12H19N3O2/c1-14-11(6-7-13-14)12(17)15-8-4-2-3-5-10(15)9-16/h6-7,10,16H,2-5,8-9H2,1H3. The Morgan fingerprint density at radius 1 is 1.53 bits per heavy atom. The van der Waals surface area contributed by atoms with Gasteiger partial charge in [-0.1, -0.05) is 12.8 Å². The number of rotatable bonds is 2. The number of carbonyl (C=O) groups is 1. The minimum atomic E-state index is -0.0418. The highest BCUT2D eigenvalue weighted by atomic mass is 16.3. The first kappa shape index (κ1) is 12.1. The van der Waals surface area contributed by atoms with Gasteiger partial charge in [0.15, 0.2) is 0 Å². The van der Waals surface area contributed by atoms with Gasteiger partial charge in [-0.25, -0.2) is 0 Å². The van der Waals surface area contributed by atoms with E-state index in [9.17, 15) is 9.90 Å². The van der Waals surface area contributed by atoms with Crippen molar-refractivity contribution in [1.82, 2.24) is 14.7 Å². The maximum atomic E-state index is 12.4. The summed E-state index contributed by atoms with van der Waals surface area (Å²) in [4.78, 5) is 14.2. The molecule has 1 N–H and O–H groups in total. The Labute approximate surface area is 101 Å². The number of aryl methyl sites for hydroxylation is 1. The topological polar surface area (TPSA) is 58.4 Å². The van der Waals surface area contributed by atoms with Crippen molar-refractivity contribution in [3.05, 3.63) is 18.0 Å². The van der Waals surface area contributed by atoms with Gasteiger partial charge < -0.3 is 10.0 Å². The van der Waals surface area contributed by atoms with Gasteiger partial charge in [-0.15, -0.1) is 0 Å². The molecule has 2 rings (SSSR count).